The van der Waals surface area contributed by atoms with E-state index in [1.54, 1.807) is 12.1 Å². The summed E-state index contributed by atoms with van der Waals surface area (Å²) < 4.78 is 12.9. The van der Waals surface area contributed by atoms with Gasteiger partial charge in [0.2, 0.25) is 0 Å². The predicted molar refractivity (Wildman–Crippen MR) is 65.7 cm³/mol. The van der Waals surface area contributed by atoms with Crippen molar-refractivity contribution in [2.24, 2.45) is 5.73 Å². The smallest absolute Gasteiger partial charge is 0.123 e. The van der Waals surface area contributed by atoms with Gasteiger partial charge in [0.1, 0.15) is 5.82 Å². The molecule has 1 rings (SSSR count). The van der Waals surface area contributed by atoms with Crippen LogP contribution in [0.15, 0.2) is 24.3 Å². The van der Waals surface area contributed by atoms with Crippen LogP contribution in [0.25, 0.3) is 0 Å². The van der Waals surface area contributed by atoms with Crippen LogP contribution in [0.4, 0.5) is 4.39 Å². The first-order valence-electron chi connectivity index (χ1n) is 5.61. The molecule has 0 saturated carbocycles. The number of nitrogens with two attached hydrogens (primary N) is 1. The second kappa shape index (κ2) is 4.93. The van der Waals surface area contributed by atoms with Crippen molar-refractivity contribution in [1.82, 2.24) is 4.90 Å². The summed E-state index contributed by atoms with van der Waals surface area (Å²) in [6.07, 6.45) is 0.956. The zero-order chi connectivity index (χ0) is 12.3. The standard InChI is InChI=1S/C13H21FN2/c1-5-12(16(3)4)13(2,15)10-6-8-11(14)9-7-10/h6-9,12H,5,15H2,1-4H3. The number of benzene rings is 1. The highest BCUT2D eigenvalue weighted by Gasteiger charge is 2.32. The fourth-order valence-electron chi connectivity index (χ4n) is 2.33. The van der Waals surface area contributed by atoms with Crippen LogP contribution in [0.1, 0.15) is 25.8 Å². The average Bonchev–Trinajstić information content (AvgIpc) is 2.18. The summed E-state index contributed by atoms with van der Waals surface area (Å²) in [7, 11) is 4.03. The molecule has 0 heterocycles. The number of halogens is 1. The summed E-state index contributed by atoms with van der Waals surface area (Å²) >= 11 is 0. The number of hydrogen-bond acceptors (Lipinski definition) is 2. The molecule has 0 aliphatic carbocycles. The Morgan fingerprint density at radius 3 is 2.19 bits per heavy atom. The molecule has 0 spiro atoms. The van der Waals surface area contributed by atoms with Crippen molar-refractivity contribution >= 4 is 0 Å². The van der Waals surface area contributed by atoms with Crippen LogP contribution in [-0.2, 0) is 5.54 Å². The minimum Gasteiger partial charge on any atom is -0.320 e. The normalized spacial score (nSPS) is 17.2. The SMILES string of the molecule is CCC(N(C)C)C(C)(N)c1ccc(F)cc1. The topological polar surface area (TPSA) is 29.3 Å². The van der Waals surface area contributed by atoms with E-state index >= 15 is 0 Å². The average molecular weight is 224 g/mol. The summed E-state index contributed by atoms with van der Waals surface area (Å²) in [4.78, 5) is 2.11. The first-order valence-corrected chi connectivity index (χ1v) is 5.61. The van der Waals surface area contributed by atoms with E-state index in [0.717, 1.165) is 12.0 Å². The molecule has 0 radical (unpaired) electrons. The third-order valence-electron chi connectivity index (χ3n) is 3.17. The molecule has 3 heteroatoms. The third kappa shape index (κ3) is 2.60. The first kappa shape index (κ1) is 13.1. The van der Waals surface area contributed by atoms with Crippen molar-refractivity contribution in [3.63, 3.8) is 0 Å². The van der Waals surface area contributed by atoms with E-state index in [9.17, 15) is 4.39 Å². The van der Waals surface area contributed by atoms with Crippen LogP contribution in [0.2, 0.25) is 0 Å². The Morgan fingerprint density at radius 2 is 1.81 bits per heavy atom. The van der Waals surface area contributed by atoms with Crippen LogP contribution in [0.3, 0.4) is 0 Å². The minimum absolute atomic E-state index is 0.225. The van der Waals surface area contributed by atoms with Crippen molar-refractivity contribution in [1.29, 1.82) is 0 Å². The molecule has 16 heavy (non-hydrogen) atoms. The van der Waals surface area contributed by atoms with Crippen LogP contribution in [-0.4, -0.2) is 25.0 Å². The Morgan fingerprint density at radius 1 is 1.31 bits per heavy atom. The van der Waals surface area contributed by atoms with Gasteiger partial charge in [-0.1, -0.05) is 19.1 Å². The summed E-state index contributed by atoms with van der Waals surface area (Å²) in [5, 5.41) is 0. The Balaban J connectivity index is 3.03. The van der Waals surface area contributed by atoms with Gasteiger partial charge in [0.15, 0.2) is 0 Å². The van der Waals surface area contributed by atoms with E-state index in [-0.39, 0.29) is 11.9 Å². The quantitative estimate of drug-likeness (QED) is 0.850. The number of hydrogen-bond donors (Lipinski definition) is 1. The number of nitrogens with zero attached hydrogens (tertiary/aromatic N) is 1. The van der Waals surface area contributed by atoms with Crippen molar-refractivity contribution in [2.45, 2.75) is 31.8 Å². The van der Waals surface area contributed by atoms with Gasteiger partial charge in [-0.3, -0.25) is 0 Å². The second-order valence-electron chi connectivity index (χ2n) is 4.68. The molecule has 2 atom stereocenters. The summed E-state index contributed by atoms with van der Waals surface area (Å²) in [5.41, 5.74) is 6.88. The van der Waals surface area contributed by atoms with E-state index in [2.05, 4.69) is 11.8 Å². The number of likely N-dealkylation sites (N-methyl/N-ethyl adjacent to an activating group) is 1. The van der Waals surface area contributed by atoms with Gasteiger partial charge >= 0.3 is 0 Å². The highest BCUT2D eigenvalue weighted by molar-refractivity contribution is 5.25. The third-order valence-corrected chi connectivity index (χ3v) is 3.17. The van der Waals surface area contributed by atoms with Gasteiger partial charge in [-0.2, -0.15) is 0 Å². The lowest BCUT2D eigenvalue weighted by atomic mass is 9.83. The lowest BCUT2D eigenvalue weighted by Gasteiger charge is -2.38. The van der Waals surface area contributed by atoms with E-state index < -0.39 is 5.54 Å². The Hall–Kier alpha value is -0.930. The maximum Gasteiger partial charge on any atom is 0.123 e. The number of rotatable bonds is 4. The molecule has 0 amide bonds. The molecule has 1 aromatic rings. The van der Waals surface area contributed by atoms with E-state index in [1.165, 1.54) is 12.1 Å². The van der Waals surface area contributed by atoms with Gasteiger partial charge in [0, 0.05) is 6.04 Å². The minimum atomic E-state index is -0.466. The Kier molecular flexibility index (Phi) is 4.05. The Bertz CT molecular complexity index is 330. The molecule has 0 saturated heterocycles. The fraction of sp³-hybridized carbons (Fsp3) is 0.538. The zero-order valence-electron chi connectivity index (χ0n) is 10.5. The van der Waals surface area contributed by atoms with Crippen LogP contribution >= 0.6 is 0 Å². The van der Waals surface area contributed by atoms with Crippen molar-refractivity contribution in [3.8, 4) is 0 Å². The Labute approximate surface area is 97.3 Å². The van der Waals surface area contributed by atoms with E-state index in [1.807, 2.05) is 21.0 Å². The molecule has 90 valence electrons. The summed E-state index contributed by atoms with van der Waals surface area (Å²) in [6.45, 7) is 4.10. The molecule has 2 unspecified atom stereocenters. The van der Waals surface area contributed by atoms with Gasteiger partial charge in [0.25, 0.3) is 0 Å². The first-order chi connectivity index (χ1) is 7.39. The van der Waals surface area contributed by atoms with Gasteiger partial charge in [-0.25, -0.2) is 4.39 Å². The molecule has 2 nitrogen and oxygen atoms in total. The molecule has 0 aromatic heterocycles. The lowest BCUT2D eigenvalue weighted by molar-refractivity contribution is 0.183. The van der Waals surface area contributed by atoms with Crippen molar-refractivity contribution in [3.05, 3.63) is 35.6 Å². The highest BCUT2D eigenvalue weighted by Crippen LogP contribution is 2.26. The largest absolute Gasteiger partial charge is 0.320 e. The van der Waals surface area contributed by atoms with E-state index in [4.69, 9.17) is 5.73 Å². The zero-order valence-corrected chi connectivity index (χ0v) is 10.5. The van der Waals surface area contributed by atoms with Gasteiger partial charge in [-0.05, 0) is 45.1 Å². The second-order valence-corrected chi connectivity index (χ2v) is 4.68. The molecular weight excluding hydrogens is 203 g/mol. The highest BCUT2D eigenvalue weighted by atomic mass is 19.1. The molecule has 0 fully saturated rings. The molecule has 2 N–H and O–H groups in total. The van der Waals surface area contributed by atoms with Crippen LogP contribution < -0.4 is 5.73 Å². The summed E-state index contributed by atoms with van der Waals surface area (Å²) in [6, 6.07) is 6.69. The van der Waals surface area contributed by atoms with Crippen molar-refractivity contribution in [2.75, 3.05) is 14.1 Å². The maximum absolute atomic E-state index is 12.9. The molecule has 0 aliphatic heterocycles. The van der Waals surface area contributed by atoms with Crippen molar-refractivity contribution < 1.29 is 4.39 Å². The van der Waals surface area contributed by atoms with Crippen LogP contribution in [0.5, 0.6) is 0 Å². The van der Waals surface area contributed by atoms with E-state index in [0.29, 0.717) is 0 Å². The molecule has 0 aliphatic rings. The molecule has 0 bridgehead atoms. The van der Waals surface area contributed by atoms with Gasteiger partial charge in [-0.15, -0.1) is 0 Å². The molecule has 1 aromatic carbocycles. The molecular formula is C13H21FN2. The fourth-order valence-corrected chi connectivity index (χ4v) is 2.33. The van der Waals surface area contributed by atoms with Crippen LogP contribution in [0, 0.1) is 5.82 Å². The lowest BCUT2D eigenvalue weighted by Crippen LogP contribution is -2.51. The van der Waals surface area contributed by atoms with Gasteiger partial charge in [0.05, 0.1) is 5.54 Å². The predicted octanol–water partition coefficient (Wildman–Crippen LogP) is 2.34. The monoisotopic (exact) mass is 224 g/mol. The summed E-state index contributed by atoms with van der Waals surface area (Å²) in [5.74, 6) is -0.225. The maximum atomic E-state index is 12.9. The van der Waals surface area contributed by atoms with Gasteiger partial charge < -0.3 is 10.6 Å².